The maximum atomic E-state index is 9.98. The van der Waals surface area contributed by atoms with Crippen LogP contribution in [0.25, 0.3) is 0 Å². The minimum atomic E-state index is -3.85. The van der Waals surface area contributed by atoms with Crippen molar-refractivity contribution in [1.82, 2.24) is 0 Å². The van der Waals surface area contributed by atoms with E-state index in [0.717, 1.165) is 6.20 Å². The summed E-state index contributed by atoms with van der Waals surface area (Å²) in [5.74, 6) is 0. The molecule has 0 aromatic rings. The zero-order valence-corrected chi connectivity index (χ0v) is 5.08. The van der Waals surface area contributed by atoms with Crippen LogP contribution in [0.1, 0.15) is 0 Å². The second-order valence-electron chi connectivity index (χ2n) is 1.28. The molecule has 0 aliphatic carbocycles. The molecule has 48 valence electrons. The summed E-state index contributed by atoms with van der Waals surface area (Å²) in [7, 11) is -3.85. The lowest BCUT2D eigenvalue weighted by molar-refractivity contribution is 0.377. The minimum absolute atomic E-state index is 0.274. The van der Waals surface area contributed by atoms with E-state index in [0.29, 0.717) is 0 Å². The van der Waals surface area contributed by atoms with Crippen LogP contribution in [0.3, 0.4) is 0 Å². The maximum absolute atomic E-state index is 9.98. The predicted octanol–water partition coefficient (Wildman–Crippen LogP) is -0.363. The Morgan fingerprint density at radius 3 is 2.25 bits per heavy atom. The zero-order valence-electron chi connectivity index (χ0n) is 4.19. The van der Waals surface area contributed by atoms with Gasteiger partial charge in [-0.2, -0.15) is 0 Å². The Morgan fingerprint density at radius 1 is 1.62 bits per heavy atom. The molecule has 8 heavy (non-hydrogen) atoms. The second kappa shape index (κ2) is 2.87. The number of hydrogen-bond donors (Lipinski definition) is 3. The quantitative estimate of drug-likeness (QED) is 0.453. The van der Waals surface area contributed by atoms with Crippen LogP contribution in [-0.2, 0) is 4.57 Å². The van der Waals surface area contributed by atoms with Gasteiger partial charge < -0.3 is 15.5 Å². The Bertz CT molecular complexity index is 126. The van der Waals surface area contributed by atoms with Crippen LogP contribution in [0.2, 0.25) is 0 Å². The zero-order chi connectivity index (χ0) is 6.62. The lowest BCUT2D eigenvalue weighted by Crippen LogP contribution is -1.84. The fraction of sp³-hybridized carbons (Fsp3) is 0.333. The molecule has 0 heterocycles. The third kappa shape index (κ3) is 5.69. The first-order valence-electron chi connectivity index (χ1n) is 1.97. The van der Waals surface area contributed by atoms with Crippen molar-refractivity contribution in [3.05, 3.63) is 12.3 Å². The first kappa shape index (κ1) is 7.69. The third-order valence-corrected chi connectivity index (χ3v) is 1.17. The van der Waals surface area contributed by atoms with E-state index >= 15 is 0 Å². The molecule has 0 radical (unpaired) electrons. The van der Waals surface area contributed by atoms with Crippen molar-refractivity contribution in [2.45, 2.75) is 0 Å². The highest BCUT2D eigenvalue weighted by molar-refractivity contribution is 7.51. The molecular formula is C3H8NO3P. The van der Waals surface area contributed by atoms with E-state index in [9.17, 15) is 4.57 Å². The summed E-state index contributed by atoms with van der Waals surface area (Å²) in [5, 5.41) is 0. The molecule has 4 nitrogen and oxygen atoms in total. The summed E-state index contributed by atoms with van der Waals surface area (Å²) >= 11 is 0. The maximum Gasteiger partial charge on any atom is 0.329 e. The molecule has 0 amide bonds. The molecule has 0 fully saturated rings. The second-order valence-corrected chi connectivity index (χ2v) is 2.97. The van der Waals surface area contributed by atoms with E-state index in [4.69, 9.17) is 15.5 Å². The normalized spacial score (nSPS) is 12.8. The highest BCUT2D eigenvalue weighted by Crippen LogP contribution is 2.33. The molecule has 0 unspecified atom stereocenters. The fourth-order valence-corrected chi connectivity index (χ4v) is 0.595. The standard InChI is InChI=1S/C3H8NO3P/c4-2-1-3-8(5,6)7/h1-2H,3-4H2,(H2,5,6,7). The summed E-state index contributed by atoms with van der Waals surface area (Å²) in [6.45, 7) is 0. The Morgan fingerprint density at radius 2 is 2.12 bits per heavy atom. The average molecular weight is 137 g/mol. The molecule has 0 aromatic heterocycles. The van der Waals surface area contributed by atoms with Crippen LogP contribution in [0.4, 0.5) is 0 Å². The van der Waals surface area contributed by atoms with Crippen LogP contribution in [-0.4, -0.2) is 15.9 Å². The first-order valence-corrected chi connectivity index (χ1v) is 3.77. The topological polar surface area (TPSA) is 83.6 Å². The molecule has 4 N–H and O–H groups in total. The monoisotopic (exact) mass is 137 g/mol. The number of nitrogens with two attached hydrogens (primary N) is 1. The first-order chi connectivity index (χ1) is 3.56. The van der Waals surface area contributed by atoms with Gasteiger partial charge in [-0.25, -0.2) is 0 Å². The van der Waals surface area contributed by atoms with E-state index < -0.39 is 7.60 Å². The smallest absolute Gasteiger partial charge is 0.329 e. The van der Waals surface area contributed by atoms with E-state index in [-0.39, 0.29) is 6.16 Å². The molecule has 0 spiro atoms. The van der Waals surface area contributed by atoms with Gasteiger partial charge in [0.2, 0.25) is 0 Å². The van der Waals surface area contributed by atoms with Crippen molar-refractivity contribution in [3.63, 3.8) is 0 Å². The molecule has 0 saturated carbocycles. The Labute approximate surface area is 47.2 Å². The van der Waals surface area contributed by atoms with E-state index in [2.05, 4.69) is 0 Å². The molecular weight excluding hydrogens is 129 g/mol. The van der Waals surface area contributed by atoms with Crippen molar-refractivity contribution in [2.75, 3.05) is 6.16 Å². The van der Waals surface area contributed by atoms with Crippen LogP contribution in [0.15, 0.2) is 12.3 Å². The van der Waals surface area contributed by atoms with Gasteiger partial charge in [0.15, 0.2) is 0 Å². The van der Waals surface area contributed by atoms with Crippen molar-refractivity contribution >= 4 is 7.60 Å². The molecule has 0 aliphatic rings. The van der Waals surface area contributed by atoms with Crippen LogP contribution < -0.4 is 5.73 Å². The van der Waals surface area contributed by atoms with Gasteiger partial charge in [0.25, 0.3) is 0 Å². The highest BCUT2D eigenvalue weighted by atomic mass is 31.2. The Kier molecular flexibility index (Phi) is 2.76. The lowest BCUT2D eigenvalue weighted by Gasteiger charge is -1.94. The van der Waals surface area contributed by atoms with Crippen molar-refractivity contribution < 1.29 is 14.4 Å². The SMILES string of the molecule is NC=CCP(=O)(O)O. The minimum Gasteiger partial charge on any atom is -0.405 e. The van der Waals surface area contributed by atoms with Gasteiger partial charge in [-0.1, -0.05) is 6.08 Å². The molecule has 5 heteroatoms. The van der Waals surface area contributed by atoms with Crippen LogP contribution >= 0.6 is 7.60 Å². The highest BCUT2D eigenvalue weighted by Gasteiger charge is 2.07. The fourth-order valence-electron chi connectivity index (χ4n) is 0.198. The van der Waals surface area contributed by atoms with Crippen molar-refractivity contribution in [3.8, 4) is 0 Å². The molecule has 0 rings (SSSR count). The van der Waals surface area contributed by atoms with Crippen LogP contribution in [0.5, 0.6) is 0 Å². The molecule has 0 aromatic carbocycles. The van der Waals surface area contributed by atoms with E-state index in [1.165, 1.54) is 6.08 Å². The largest absolute Gasteiger partial charge is 0.405 e. The average Bonchev–Trinajstić information content (AvgIpc) is 1.59. The van der Waals surface area contributed by atoms with Gasteiger partial charge in [-0.15, -0.1) is 0 Å². The number of allylic oxidation sites excluding steroid dienone is 1. The third-order valence-electron chi connectivity index (χ3n) is 0.479. The van der Waals surface area contributed by atoms with Gasteiger partial charge in [-0.3, -0.25) is 4.57 Å². The van der Waals surface area contributed by atoms with Gasteiger partial charge >= 0.3 is 7.60 Å². The Hall–Kier alpha value is -0.310. The lowest BCUT2D eigenvalue weighted by atomic mass is 10.7. The molecule has 0 aliphatic heterocycles. The summed E-state index contributed by atoms with van der Waals surface area (Å²) in [6, 6.07) is 0. The number of rotatable bonds is 2. The van der Waals surface area contributed by atoms with E-state index in [1.54, 1.807) is 0 Å². The van der Waals surface area contributed by atoms with Crippen molar-refractivity contribution in [2.24, 2.45) is 5.73 Å². The van der Waals surface area contributed by atoms with Gasteiger partial charge in [0, 0.05) is 0 Å². The molecule has 0 atom stereocenters. The predicted molar refractivity (Wildman–Crippen MR) is 30.2 cm³/mol. The van der Waals surface area contributed by atoms with Crippen LogP contribution in [0, 0.1) is 0 Å². The van der Waals surface area contributed by atoms with Gasteiger partial charge in [0.1, 0.15) is 0 Å². The summed E-state index contributed by atoms with van der Waals surface area (Å²) in [4.78, 5) is 16.3. The van der Waals surface area contributed by atoms with Gasteiger partial charge in [-0.05, 0) is 6.20 Å². The summed E-state index contributed by atoms with van der Waals surface area (Å²) < 4.78 is 9.98. The summed E-state index contributed by atoms with van der Waals surface area (Å²) in [5.41, 5.74) is 4.81. The molecule has 0 saturated heterocycles. The summed E-state index contributed by atoms with van der Waals surface area (Å²) in [6.07, 6.45) is 2.06. The van der Waals surface area contributed by atoms with Gasteiger partial charge in [0.05, 0.1) is 6.16 Å². The Balaban J connectivity index is 3.57. The van der Waals surface area contributed by atoms with Crippen molar-refractivity contribution in [1.29, 1.82) is 0 Å². The van der Waals surface area contributed by atoms with E-state index in [1.807, 2.05) is 0 Å². The number of hydrogen-bond acceptors (Lipinski definition) is 2. The molecule has 0 bridgehead atoms.